The molecule has 20 heavy (non-hydrogen) atoms. The van der Waals surface area contributed by atoms with Gasteiger partial charge in [0.2, 0.25) is 0 Å². The normalized spacial score (nSPS) is 17.0. The first-order chi connectivity index (χ1) is 9.19. The summed E-state index contributed by atoms with van der Waals surface area (Å²) >= 11 is 0. The molecule has 0 aromatic rings. The zero-order chi connectivity index (χ0) is 14.1. The monoisotopic (exact) mass is 399 g/mol. The molecule has 1 heterocycles. The molecule has 0 bridgehead atoms. The van der Waals surface area contributed by atoms with Crippen LogP contribution in [0.25, 0.3) is 0 Å². The topological polar surface area (TPSA) is 37.3 Å². The first kappa shape index (κ1) is 19.9. The second-order valence-corrected chi connectivity index (χ2v) is 5.07. The van der Waals surface area contributed by atoms with Gasteiger partial charge in [0, 0.05) is 54.1 Å². The summed E-state index contributed by atoms with van der Waals surface area (Å²) in [6.45, 7) is 6.57. The molecule has 0 spiro atoms. The lowest BCUT2D eigenvalue weighted by molar-refractivity contribution is 0.00912. The van der Waals surface area contributed by atoms with E-state index in [1.54, 1.807) is 7.11 Å². The Morgan fingerprint density at radius 3 is 2.40 bits per heavy atom. The minimum Gasteiger partial charge on any atom is -0.385 e. The lowest BCUT2D eigenvalue weighted by Crippen LogP contribution is -2.46. The highest BCUT2D eigenvalue weighted by Crippen LogP contribution is 2.15. The van der Waals surface area contributed by atoms with Crippen molar-refractivity contribution in [2.24, 2.45) is 4.99 Å². The summed E-state index contributed by atoms with van der Waals surface area (Å²) in [5.41, 5.74) is 0. The Labute approximate surface area is 140 Å². The van der Waals surface area contributed by atoms with Crippen molar-refractivity contribution < 1.29 is 9.47 Å². The van der Waals surface area contributed by atoms with Gasteiger partial charge in [0.05, 0.1) is 6.10 Å². The van der Waals surface area contributed by atoms with Crippen LogP contribution in [0.2, 0.25) is 0 Å². The number of hydrogen-bond acceptors (Lipinski definition) is 3. The summed E-state index contributed by atoms with van der Waals surface area (Å²) in [7, 11) is 5.85. The lowest BCUT2D eigenvalue weighted by atomic mass is 10.1. The average Bonchev–Trinajstić information content (AvgIpc) is 2.41. The van der Waals surface area contributed by atoms with Crippen LogP contribution in [0, 0.1) is 0 Å². The van der Waals surface area contributed by atoms with Gasteiger partial charge in [-0.2, -0.15) is 0 Å². The summed E-state index contributed by atoms with van der Waals surface area (Å²) in [5.74, 6) is 1.10. The van der Waals surface area contributed by atoms with Crippen molar-refractivity contribution in [1.29, 1.82) is 0 Å². The Morgan fingerprint density at radius 2 is 1.90 bits per heavy atom. The number of ether oxygens (including phenoxy) is 2. The van der Waals surface area contributed by atoms with Gasteiger partial charge in [-0.15, -0.1) is 24.0 Å². The SMILES string of the molecule is CCN=C(N(C)C)N1CCC(OCCCOC)CC1.I. The summed E-state index contributed by atoms with van der Waals surface area (Å²) in [5, 5.41) is 0. The molecule has 1 rings (SSSR count). The van der Waals surface area contributed by atoms with E-state index in [2.05, 4.69) is 35.8 Å². The number of methoxy groups -OCH3 is 1. The molecule has 1 fully saturated rings. The molecule has 0 aromatic heterocycles. The smallest absolute Gasteiger partial charge is 0.196 e. The first-order valence-corrected chi connectivity index (χ1v) is 7.26. The van der Waals surface area contributed by atoms with Crippen LogP contribution in [0.5, 0.6) is 0 Å². The maximum absolute atomic E-state index is 5.87. The standard InChI is InChI=1S/C14H29N3O2.HI/c1-5-15-14(16(2)3)17-9-7-13(8-10-17)19-12-6-11-18-4;/h13H,5-12H2,1-4H3;1H. The number of nitrogens with zero attached hydrogens (tertiary/aromatic N) is 3. The van der Waals surface area contributed by atoms with Gasteiger partial charge in [-0.25, -0.2) is 0 Å². The average molecular weight is 399 g/mol. The van der Waals surface area contributed by atoms with E-state index in [0.29, 0.717) is 6.10 Å². The van der Waals surface area contributed by atoms with E-state index in [1.165, 1.54) is 0 Å². The van der Waals surface area contributed by atoms with E-state index in [9.17, 15) is 0 Å². The van der Waals surface area contributed by atoms with Crippen LogP contribution in [-0.2, 0) is 9.47 Å². The van der Waals surface area contributed by atoms with Crippen molar-refractivity contribution in [3.8, 4) is 0 Å². The van der Waals surface area contributed by atoms with Crippen molar-refractivity contribution in [2.45, 2.75) is 32.3 Å². The van der Waals surface area contributed by atoms with Crippen LogP contribution in [-0.4, -0.2) is 75.9 Å². The van der Waals surface area contributed by atoms with E-state index in [0.717, 1.165) is 58.1 Å². The van der Waals surface area contributed by atoms with Crippen LogP contribution < -0.4 is 0 Å². The molecule has 0 atom stereocenters. The van der Waals surface area contributed by atoms with E-state index in [-0.39, 0.29) is 24.0 Å². The molecule has 1 aliphatic rings. The Morgan fingerprint density at radius 1 is 1.25 bits per heavy atom. The Bertz CT molecular complexity index is 267. The minimum absolute atomic E-state index is 0. The van der Waals surface area contributed by atoms with E-state index in [4.69, 9.17) is 9.47 Å². The molecule has 120 valence electrons. The molecule has 0 N–H and O–H groups in total. The summed E-state index contributed by atoms with van der Waals surface area (Å²) in [4.78, 5) is 9.03. The molecular weight excluding hydrogens is 369 g/mol. The van der Waals surface area contributed by atoms with Gasteiger partial charge >= 0.3 is 0 Å². The molecule has 1 saturated heterocycles. The van der Waals surface area contributed by atoms with Gasteiger partial charge in [-0.3, -0.25) is 4.99 Å². The summed E-state index contributed by atoms with van der Waals surface area (Å²) in [6.07, 6.45) is 3.56. The molecule has 0 amide bonds. The molecule has 1 aliphatic heterocycles. The van der Waals surface area contributed by atoms with Crippen molar-refractivity contribution in [3.05, 3.63) is 0 Å². The highest BCUT2D eigenvalue weighted by atomic mass is 127. The number of likely N-dealkylation sites (tertiary alicyclic amines) is 1. The van der Waals surface area contributed by atoms with Gasteiger partial charge in [-0.1, -0.05) is 0 Å². The zero-order valence-corrected chi connectivity index (χ0v) is 15.6. The number of piperidine rings is 1. The second-order valence-electron chi connectivity index (χ2n) is 5.07. The van der Waals surface area contributed by atoms with Crippen LogP contribution >= 0.6 is 24.0 Å². The molecule has 0 aromatic carbocycles. The number of aliphatic imine (C=N–C) groups is 1. The molecule has 0 radical (unpaired) electrons. The van der Waals surface area contributed by atoms with Gasteiger partial charge in [0.1, 0.15) is 0 Å². The van der Waals surface area contributed by atoms with Gasteiger partial charge in [0.15, 0.2) is 5.96 Å². The highest BCUT2D eigenvalue weighted by molar-refractivity contribution is 14.0. The lowest BCUT2D eigenvalue weighted by Gasteiger charge is -2.36. The number of guanidine groups is 1. The third-order valence-corrected chi connectivity index (χ3v) is 3.27. The van der Waals surface area contributed by atoms with Gasteiger partial charge < -0.3 is 19.3 Å². The third kappa shape index (κ3) is 7.08. The maximum atomic E-state index is 5.87. The van der Waals surface area contributed by atoms with E-state index >= 15 is 0 Å². The summed E-state index contributed by atoms with van der Waals surface area (Å²) in [6, 6.07) is 0. The van der Waals surface area contributed by atoms with Crippen LogP contribution in [0.4, 0.5) is 0 Å². The van der Waals surface area contributed by atoms with Gasteiger partial charge in [-0.05, 0) is 26.2 Å². The molecule has 5 nitrogen and oxygen atoms in total. The van der Waals surface area contributed by atoms with E-state index < -0.39 is 0 Å². The largest absolute Gasteiger partial charge is 0.385 e. The zero-order valence-electron chi connectivity index (χ0n) is 13.3. The van der Waals surface area contributed by atoms with Crippen molar-refractivity contribution in [2.75, 3.05) is 54.1 Å². The molecular formula is C14H30IN3O2. The Balaban J connectivity index is 0.00000361. The van der Waals surface area contributed by atoms with E-state index in [1.807, 2.05) is 0 Å². The first-order valence-electron chi connectivity index (χ1n) is 7.26. The van der Waals surface area contributed by atoms with Crippen LogP contribution in [0.15, 0.2) is 4.99 Å². The van der Waals surface area contributed by atoms with Crippen molar-refractivity contribution in [3.63, 3.8) is 0 Å². The Hall–Kier alpha value is -0.0800. The minimum atomic E-state index is 0. The number of halogens is 1. The van der Waals surface area contributed by atoms with Crippen LogP contribution in [0.1, 0.15) is 26.2 Å². The summed E-state index contributed by atoms with van der Waals surface area (Å²) < 4.78 is 10.9. The second kappa shape index (κ2) is 11.6. The highest BCUT2D eigenvalue weighted by Gasteiger charge is 2.22. The molecule has 0 unspecified atom stereocenters. The molecule has 0 saturated carbocycles. The predicted octanol–water partition coefficient (Wildman–Crippen LogP) is 2.06. The van der Waals surface area contributed by atoms with Crippen LogP contribution in [0.3, 0.4) is 0 Å². The molecule has 6 heteroatoms. The molecule has 0 aliphatic carbocycles. The fraction of sp³-hybridized carbons (Fsp3) is 0.929. The third-order valence-electron chi connectivity index (χ3n) is 3.27. The van der Waals surface area contributed by atoms with Crippen molar-refractivity contribution in [1.82, 2.24) is 9.80 Å². The Kier molecular flexibility index (Phi) is 11.5. The maximum Gasteiger partial charge on any atom is 0.196 e. The fourth-order valence-corrected chi connectivity index (χ4v) is 2.34. The predicted molar refractivity (Wildman–Crippen MR) is 94.1 cm³/mol. The van der Waals surface area contributed by atoms with Gasteiger partial charge in [0.25, 0.3) is 0 Å². The number of rotatable bonds is 6. The number of hydrogen-bond donors (Lipinski definition) is 0. The fourth-order valence-electron chi connectivity index (χ4n) is 2.34. The van der Waals surface area contributed by atoms with Crippen molar-refractivity contribution >= 4 is 29.9 Å². The quantitative estimate of drug-likeness (QED) is 0.297.